The molecular formula is C15H12O2S. The summed E-state index contributed by atoms with van der Waals surface area (Å²) >= 11 is 1.64. The molecule has 1 aliphatic rings. The van der Waals surface area contributed by atoms with Crippen LogP contribution in [0.15, 0.2) is 41.3 Å². The molecule has 3 rings (SSSR count). The second kappa shape index (κ2) is 4.42. The molecule has 0 atom stereocenters. The number of carbonyl (C=O) groups is 1. The molecule has 2 heterocycles. The molecule has 0 spiro atoms. The fourth-order valence-electron chi connectivity index (χ4n) is 1.97. The van der Waals surface area contributed by atoms with Crippen LogP contribution in [0.5, 0.6) is 5.75 Å². The van der Waals surface area contributed by atoms with Gasteiger partial charge in [0.05, 0.1) is 5.56 Å². The third kappa shape index (κ3) is 1.87. The van der Waals surface area contributed by atoms with Crippen LogP contribution in [0.1, 0.15) is 20.8 Å². The molecule has 18 heavy (non-hydrogen) atoms. The van der Waals surface area contributed by atoms with Gasteiger partial charge in [0.25, 0.3) is 0 Å². The van der Waals surface area contributed by atoms with E-state index in [9.17, 15) is 4.79 Å². The molecule has 90 valence electrons. The Balaban J connectivity index is 2.01. The minimum atomic E-state index is 0.0738. The fraction of sp³-hybridized carbons (Fsp3) is 0.133. The summed E-state index contributed by atoms with van der Waals surface area (Å²) in [6, 6.07) is 9.44. The van der Waals surface area contributed by atoms with Gasteiger partial charge in [-0.1, -0.05) is 12.1 Å². The first-order chi connectivity index (χ1) is 8.75. The van der Waals surface area contributed by atoms with Crippen LogP contribution >= 0.6 is 11.3 Å². The van der Waals surface area contributed by atoms with Gasteiger partial charge in [-0.25, -0.2) is 0 Å². The number of aryl methyl sites for hydroxylation is 1. The Morgan fingerprint density at radius 2 is 2.11 bits per heavy atom. The zero-order chi connectivity index (χ0) is 12.5. The van der Waals surface area contributed by atoms with Crippen molar-refractivity contribution in [2.24, 2.45) is 0 Å². The lowest BCUT2D eigenvalue weighted by Gasteiger charge is -2.18. The summed E-state index contributed by atoms with van der Waals surface area (Å²) in [6.07, 6.45) is 1.94. The maximum absolute atomic E-state index is 12.3. The van der Waals surface area contributed by atoms with Crippen LogP contribution in [0, 0.1) is 6.92 Å². The number of benzene rings is 1. The molecule has 0 radical (unpaired) electrons. The Bertz CT molecular complexity index is 637. The van der Waals surface area contributed by atoms with Crippen molar-refractivity contribution in [1.29, 1.82) is 0 Å². The Morgan fingerprint density at radius 1 is 1.28 bits per heavy atom. The first-order valence-corrected chi connectivity index (χ1v) is 6.65. The molecule has 1 aromatic carbocycles. The lowest BCUT2D eigenvalue weighted by atomic mass is 9.99. The van der Waals surface area contributed by atoms with Crippen molar-refractivity contribution in [3.05, 3.63) is 57.3 Å². The maximum atomic E-state index is 12.3. The van der Waals surface area contributed by atoms with E-state index < -0.39 is 0 Å². The molecule has 0 saturated heterocycles. The number of ether oxygens (including phenoxy) is 1. The zero-order valence-electron chi connectivity index (χ0n) is 9.97. The molecule has 1 aromatic heterocycles. The van der Waals surface area contributed by atoms with E-state index in [1.807, 2.05) is 42.6 Å². The molecule has 0 fully saturated rings. The van der Waals surface area contributed by atoms with E-state index in [0.717, 1.165) is 10.5 Å². The number of para-hydroxylation sites is 1. The number of thiophene rings is 1. The van der Waals surface area contributed by atoms with Gasteiger partial charge in [0, 0.05) is 10.5 Å². The molecule has 0 aliphatic carbocycles. The summed E-state index contributed by atoms with van der Waals surface area (Å²) in [4.78, 5) is 13.4. The second-order valence-electron chi connectivity index (χ2n) is 4.25. The van der Waals surface area contributed by atoms with E-state index >= 15 is 0 Å². The van der Waals surface area contributed by atoms with E-state index in [-0.39, 0.29) is 5.78 Å². The van der Waals surface area contributed by atoms with E-state index in [0.29, 0.717) is 17.9 Å². The van der Waals surface area contributed by atoms with Crippen molar-refractivity contribution >= 4 is 23.2 Å². The van der Waals surface area contributed by atoms with Gasteiger partial charge in [-0.15, -0.1) is 11.3 Å². The van der Waals surface area contributed by atoms with E-state index in [2.05, 4.69) is 6.07 Å². The molecule has 1 aliphatic heterocycles. The van der Waals surface area contributed by atoms with Crippen LogP contribution in [0.25, 0.3) is 6.08 Å². The largest absolute Gasteiger partial charge is 0.488 e. The fourth-order valence-corrected chi connectivity index (χ4v) is 2.85. The second-order valence-corrected chi connectivity index (χ2v) is 5.20. The molecule has 3 heteroatoms. The minimum absolute atomic E-state index is 0.0738. The lowest BCUT2D eigenvalue weighted by molar-refractivity contribution is 0.100. The summed E-state index contributed by atoms with van der Waals surface area (Å²) < 4.78 is 5.61. The Hall–Kier alpha value is -1.87. The normalized spacial score (nSPS) is 16.5. The monoisotopic (exact) mass is 256 g/mol. The third-order valence-corrected chi connectivity index (χ3v) is 3.98. The topological polar surface area (TPSA) is 26.3 Å². The summed E-state index contributed by atoms with van der Waals surface area (Å²) in [7, 11) is 0. The first kappa shape index (κ1) is 11.2. The van der Waals surface area contributed by atoms with Crippen molar-refractivity contribution in [2.75, 3.05) is 6.61 Å². The standard InChI is InChI=1S/C15H12O2S/c1-10-6-7-18-14(10)8-11-9-17-13-5-3-2-4-12(13)15(11)16/h2-8H,9H2,1H3/b11-8+. The van der Waals surface area contributed by atoms with E-state index in [4.69, 9.17) is 4.74 Å². The van der Waals surface area contributed by atoms with Gasteiger partial charge >= 0.3 is 0 Å². The van der Waals surface area contributed by atoms with Crippen LogP contribution < -0.4 is 4.74 Å². The quantitative estimate of drug-likeness (QED) is 0.727. The lowest BCUT2D eigenvalue weighted by Crippen LogP contribution is -2.18. The van der Waals surface area contributed by atoms with Crippen molar-refractivity contribution < 1.29 is 9.53 Å². The minimum Gasteiger partial charge on any atom is -0.488 e. The van der Waals surface area contributed by atoms with Crippen LogP contribution in [0.3, 0.4) is 0 Å². The number of carbonyl (C=O) groups excluding carboxylic acids is 1. The van der Waals surface area contributed by atoms with Crippen molar-refractivity contribution in [3.63, 3.8) is 0 Å². The number of Topliss-reactive ketones (excluding diaryl/α,β-unsaturated/α-hetero) is 1. The summed E-state index contributed by atoms with van der Waals surface area (Å²) in [5.74, 6) is 0.757. The zero-order valence-corrected chi connectivity index (χ0v) is 10.8. The van der Waals surface area contributed by atoms with Crippen molar-refractivity contribution in [2.45, 2.75) is 6.92 Å². The molecule has 0 N–H and O–H groups in total. The van der Waals surface area contributed by atoms with Gasteiger partial charge in [-0.3, -0.25) is 4.79 Å². The Kier molecular flexibility index (Phi) is 2.76. The Labute approximate surface area is 110 Å². The maximum Gasteiger partial charge on any atom is 0.196 e. The summed E-state index contributed by atoms with van der Waals surface area (Å²) in [5.41, 5.74) is 2.57. The number of hydrogen-bond acceptors (Lipinski definition) is 3. The van der Waals surface area contributed by atoms with Crippen molar-refractivity contribution in [1.82, 2.24) is 0 Å². The predicted molar refractivity (Wildman–Crippen MR) is 73.3 cm³/mol. The smallest absolute Gasteiger partial charge is 0.196 e. The highest BCUT2D eigenvalue weighted by Crippen LogP contribution is 2.28. The highest BCUT2D eigenvalue weighted by atomic mass is 32.1. The molecule has 0 bridgehead atoms. The number of fused-ring (bicyclic) bond motifs is 1. The molecular weight excluding hydrogens is 244 g/mol. The van der Waals surface area contributed by atoms with Crippen LogP contribution in [0.4, 0.5) is 0 Å². The van der Waals surface area contributed by atoms with Crippen molar-refractivity contribution in [3.8, 4) is 5.75 Å². The SMILES string of the molecule is Cc1ccsc1/C=C1\COc2ccccc2C1=O. The molecule has 2 aromatic rings. The highest BCUT2D eigenvalue weighted by Gasteiger charge is 2.22. The van der Waals surface area contributed by atoms with Crippen LogP contribution in [-0.4, -0.2) is 12.4 Å². The molecule has 0 unspecified atom stereocenters. The molecule has 2 nitrogen and oxygen atoms in total. The van der Waals surface area contributed by atoms with Gasteiger partial charge in [0.1, 0.15) is 12.4 Å². The highest BCUT2D eigenvalue weighted by molar-refractivity contribution is 7.11. The molecule has 0 saturated carbocycles. The van der Waals surface area contributed by atoms with Gasteiger partial charge < -0.3 is 4.74 Å². The number of ketones is 1. The summed E-state index contributed by atoms with van der Waals surface area (Å²) in [6.45, 7) is 2.40. The third-order valence-electron chi connectivity index (χ3n) is 3.01. The van der Waals surface area contributed by atoms with Crippen LogP contribution in [-0.2, 0) is 0 Å². The average molecular weight is 256 g/mol. The Morgan fingerprint density at radius 3 is 2.89 bits per heavy atom. The average Bonchev–Trinajstić information content (AvgIpc) is 2.79. The van der Waals surface area contributed by atoms with Gasteiger partial charge in [0.15, 0.2) is 5.78 Å². The number of hydrogen-bond donors (Lipinski definition) is 0. The van der Waals surface area contributed by atoms with E-state index in [1.165, 1.54) is 5.56 Å². The molecule has 0 amide bonds. The van der Waals surface area contributed by atoms with Gasteiger partial charge in [-0.05, 0) is 42.1 Å². The first-order valence-electron chi connectivity index (χ1n) is 5.77. The van der Waals surface area contributed by atoms with Gasteiger partial charge in [-0.2, -0.15) is 0 Å². The van der Waals surface area contributed by atoms with Gasteiger partial charge in [0.2, 0.25) is 0 Å². The number of rotatable bonds is 1. The predicted octanol–water partition coefficient (Wildman–Crippen LogP) is 3.72. The van der Waals surface area contributed by atoms with Crippen LogP contribution in [0.2, 0.25) is 0 Å². The van der Waals surface area contributed by atoms with E-state index in [1.54, 1.807) is 11.3 Å². The summed E-state index contributed by atoms with van der Waals surface area (Å²) in [5, 5.41) is 2.03.